The predicted octanol–water partition coefficient (Wildman–Crippen LogP) is 3.33. The minimum absolute atomic E-state index is 0.0531. The molecule has 0 radical (unpaired) electrons. The largest absolute Gasteiger partial charge is 0.493 e. The van der Waals surface area contributed by atoms with Crippen LogP contribution in [0.1, 0.15) is 27.7 Å². The minimum Gasteiger partial charge on any atom is -0.493 e. The van der Waals surface area contributed by atoms with E-state index in [1.807, 2.05) is 30.3 Å². The molecule has 1 aromatic heterocycles. The van der Waals surface area contributed by atoms with Gasteiger partial charge in [0.25, 0.3) is 5.91 Å². The van der Waals surface area contributed by atoms with Crippen molar-refractivity contribution in [2.45, 2.75) is 12.3 Å². The lowest BCUT2D eigenvalue weighted by molar-refractivity contribution is -0.117. The van der Waals surface area contributed by atoms with Gasteiger partial charge in [0, 0.05) is 30.1 Å². The van der Waals surface area contributed by atoms with Crippen molar-refractivity contribution < 1.29 is 19.1 Å². The molecule has 0 saturated carbocycles. The fourth-order valence-corrected chi connectivity index (χ4v) is 4.16. The normalized spacial score (nSPS) is 15.9. The van der Waals surface area contributed by atoms with Crippen molar-refractivity contribution in [2.75, 3.05) is 31.0 Å². The van der Waals surface area contributed by atoms with E-state index in [-0.39, 0.29) is 17.7 Å². The molecular formula is C21H20N4O4S. The van der Waals surface area contributed by atoms with Gasteiger partial charge in [-0.05, 0) is 30.3 Å². The van der Waals surface area contributed by atoms with Crippen molar-refractivity contribution in [1.29, 1.82) is 0 Å². The molecule has 154 valence electrons. The molecule has 3 aromatic rings. The Morgan fingerprint density at radius 2 is 1.87 bits per heavy atom. The van der Waals surface area contributed by atoms with Gasteiger partial charge >= 0.3 is 0 Å². The summed E-state index contributed by atoms with van der Waals surface area (Å²) in [6.45, 7) is 0.543. The maximum Gasteiger partial charge on any atom is 0.257 e. The fourth-order valence-electron chi connectivity index (χ4n) is 3.33. The van der Waals surface area contributed by atoms with Gasteiger partial charge in [-0.15, -0.1) is 10.2 Å². The zero-order valence-electron chi connectivity index (χ0n) is 16.5. The van der Waals surface area contributed by atoms with Gasteiger partial charge in [0.2, 0.25) is 11.0 Å². The highest BCUT2D eigenvalue weighted by Crippen LogP contribution is 2.34. The standard InChI is InChI=1S/C21H20N4O4S/c1-28-16-9-8-13(10-17(16)29-2)19(27)22-21-24-23-20(30-21)14-11-18(26)25(12-14)15-6-4-3-5-7-15/h3-10,14H,11-12H2,1-2H3,(H,22,24,27)/t14-/m0/s1. The lowest BCUT2D eigenvalue weighted by Gasteiger charge is -2.15. The molecule has 1 aliphatic heterocycles. The zero-order chi connectivity index (χ0) is 21.1. The first-order valence-corrected chi connectivity index (χ1v) is 10.1. The number of rotatable bonds is 6. The number of carbonyl (C=O) groups excluding carboxylic acids is 2. The van der Waals surface area contributed by atoms with Crippen LogP contribution in [0.5, 0.6) is 11.5 Å². The molecule has 8 nitrogen and oxygen atoms in total. The third-order valence-electron chi connectivity index (χ3n) is 4.85. The van der Waals surface area contributed by atoms with Gasteiger partial charge in [-0.2, -0.15) is 0 Å². The Morgan fingerprint density at radius 1 is 1.10 bits per heavy atom. The lowest BCUT2D eigenvalue weighted by atomic mass is 10.1. The fraction of sp³-hybridized carbons (Fsp3) is 0.238. The summed E-state index contributed by atoms with van der Waals surface area (Å²) in [7, 11) is 3.05. The Morgan fingerprint density at radius 3 is 2.60 bits per heavy atom. The molecule has 0 aliphatic carbocycles. The van der Waals surface area contributed by atoms with E-state index in [1.165, 1.54) is 25.6 Å². The first kappa shape index (κ1) is 19.8. The number of ether oxygens (including phenoxy) is 2. The number of methoxy groups -OCH3 is 2. The van der Waals surface area contributed by atoms with Gasteiger partial charge in [0.05, 0.1) is 14.2 Å². The molecule has 1 saturated heterocycles. The summed E-state index contributed by atoms with van der Waals surface area (Å²) in [6, 6.07) is 14.5. The lowest BCUT2D eigenvalue weighted by Crippen LogP contribution is -2.24. The molecule has 0 unspecified atom stereocenters. The Labute approximate surface area is 177 Å². The summed E-state index contributed by atoms with van der Waals surface area (Å²) in [6.07, 6.45) is 0.368. The summed E-state index contributed by atoms with van der Waals surface area (Å²) in [5.41, 5.74) is 1.28. The number of para-hydroxylation sites is 1. The van der Waals surface area contributed by atoms with E-state index in [2.05, 4.69) is 15.5 Å². The zero-order valence-corrected chi connectivity index (χ0v) is 17.3. The molecule has 4 rings (SSSR count). The maximum absolute atomic E-state index is 12.6. The molecule has 1 atom stereocenters. The van der Waals surface area contributed by atoms with Crippen LogP contribution in [0.15, 0.2) is 48.5 Å². The first-order valence-electron chi connectivity index (χ1n) is 9.31. The van der Waals surface area contributed by atoms with Crippen molar-refractivity contribution in [3.8, 4) is 11.5 Å². The highest BCUT2D eigenvalue weighted by atomic mass is 32.1. The topological polar surface area (TPSA) is 93.7 Å². The van der Waals surface area contributed by atoms with E-state index in [1.54, 1.807) is 23.1 Å². The summed E-state index contributed by atoms with van der Waals surface area (Å²) in [4.78, 5) is 26.8. The van der Waals surface area contributed by atoms with Crippen LogP contribution in [0.25, 0.3) is 0 Å². The van der Waals surface area contributed by atoms with E-state index in [0.29, 0.717) is 35.2 Å². The Balaban J connectivity index is 1.45. The van der Waals surface area contributed by atoms with Crippen molar-refractivity contribution >= 4 is 34.0 Å². The van der Waals surface area contributed by atoms with E-state index in [0.717, 1.165) is 10.7 Å². The summed E-state index contributed by atoms with van der Waals surface area (Å²) in [5, 5.41) is 12.1. The number of aromatic nitrogens is 2. The van der Waals surface area contributed by atoms with E-state index in [4.69, 9.17) is 9.47 Å². The third kappa shape index (κ3) is 3.97. The van der Waals surface area contributed by atoms with Crippen LogP contribution >= 0.6 is 11.3 Å². The smallest absolute Gasteiger partial charge is 0.257 e. The van der Waals surface area contributed by atoms with Crippen LogP contribution in [0, 0.1) is 0 Å². The Kier molecular flexibility index (Phi) is 5.62. The number of amides is 2. The molecule has 2 aromatic carbocycles. The van der Waals surface area contributed by atoms with Crippen LogP contribution in [-0.4, -0.2) is 42.8 Å². The van der Waals surface area contributed by atoms with Crippen LogP contribution < -0.4 is 19.7 Å². The molecule has 1 fully saturated rings. The second kappa shape index (κ2) is 8.50. The average Bonchev–Trinajstić information content (AvgIpc) is 3.40. The Hall–Kier alpha value is -3.46. The summed E-state index contributed by atoms with van der Waals surface area (Å²) >= 11 is 1.28. The number of nitrogens with one attached hydrogen (secondary N) is 1. The van der Waals surface area contributed by atoms with Gasteiger partial charge in [0.15, 0.2) is 11.5 Å². The van der Waals surface area contributed by atoms with Crippen molar-refractivity contribution in [3.05, 3.63) is 59.1 Å². The monoisotopic (exact) mass is 424 g/mol. The molecule has 0 bridgehead atoms. The van der Waals surface area contributed by atoms with Gasteiger partial charge in [-0.25, -0.2) is 0 Å². The van der Waals surface area contributed by atoms with E-state index < -0.39 is 0 Å². The van der Waals surface area contributed by atoms with Crippen LogP contribution in [-0.2, 0) is 4.79 Å². The molecule has 0 spiro atoms. The molecule has 1 N–H and O–H groups in total. The number of carbonyl (C=O) groups is 2. The third-order valence-corrected chi connectivity index (χ3v) is 5.85. The quantitative estimate of drug-likeness (QED) is 0.652. The van der Waals surface area contributed by atoms with Gasteiger partial charge in [0.1, 0.15) is 5.01 Å². The predicted molar refractivity (Wildman–Crippen MR) is 114 cm³/mol. The average molecular weight is 424 g/mol. The minimum atomic E-state index is -0.327. The molecular weight excluding hydrogens is 404 g/mol. The number of hydrogen-bond acceptors (Lipinski definition) is 7. The molecule has 1 aliphatic rings. The van der Waals surface area contributed by atoms with Crippen molar-refractivity contribution in [3.63, 3.8) is 0 Å². The number of anilines is 2. The SMILES string of the molecule is COc1ccc(C(=O)Nc2nnc([C@H]3CC(=O)N(c4ccccc4)C3)s2)cc1OC. The highest BCUT2D eigenvalue weighted by Gasteiger charge is 2.33. The summed E-state index contributed by atoms with van der Waals surface area (Å²) in [5.74, 6) is 0.681. The maximum atomic E-state index is 12.6. The number of nitrogens with zero attached hydrogens (tertiary/aromatic N) is 3. The summed E-state index contributed by atoms with van der Waals surface area (Å²) < 4.78 is 10.4. The van der Waals surface area contributed by atoms with Gasteiger partial charge < -0.3 is 14.4 Å². The van der Waals surface area contributed by atoms with Crippen molar-refractivity contribution in [2.24, 2.45) is 0 Å². The van der Waals surface area contributed by atoms with Crippen LogP contribution in [0.3, 0.4) is 0 Å². The van der Waals surface area contributed by atoms with Crippen LogP contribution in [0.2, 0.25) is 0 Å². The van der Waals surface area contributed by atoms with Crippen molar-refractivity contribution in [1.82, 2.24) is 10.2 Å². The second-order valence-corrected chi connectivity index (χ2v) is 7.72. The first-order chi connectivity index (χ1) is 14.6. The number of hydrogen-bond donors (Lipinski definition) is 1. The highest BCUT2D eigenvalue weighted by molar-refractivity contribution is 7.15. The molecule has 2 amide bonds. The van der Waals surface area contributed by atoms with E-state index >= 15 is 0 Å². The molecule has 2 heterocycles. The molecule has 9 heteroatoms. The van der Waals surface area contributed by atoms with E-state index in [9.17, 15) is 9.59 Å². The Bertz CT molecular complexity index is 1070. The molecule has 30 heavy (non-hydrogen) atoms. The van der Waals surface area contributed by atoms with Gasteiger partial charge in [-0.1, -0.05) is 29.5 Å². The number of benzene rings is 2. The van der Waals surface area contributed by atoms with Gasteiger partial charge in [-0.3, -0.25) is 14.9 Å². The second-order valence-electron chi connectivity index (χ2n) is 6.71. The van der Waals surface area contributed by atoms with Crippen LogP contribution in [0.4, 0.5) is 10.8 Å².